The molecule has 0 amide bonds. The zero-order chi connectivity index (χ0) is 12.3. The van der Waals surface area contributed by atoms with E-state index in [0.29, 0.717) is 5.92 Å². The molecule has 0 aromatic heterocycles. The van der Waals surface area contributed by atoms with Gasteiger partial charge in [0.25, 0.3) is 0 Å². The highest BCUT2D eigenvalue weighted by molar-refractivity contribution is 5.23. The quantitative estimate of drug-likeness (QED) is 0.709. The third-order valence-corrected chi connectivity index (χ3v) is 6.03. The molecule has 4 atom stereocenters. The van der Waals surface area contributed by atoms with Crippen molar-refractivity contribution < 1.29 is 9.84 Å². The van der Waals surface area contributed by atoms with Gasteiger partial charge in [-0.2, -0.15) is 0 Å². The van der Waals surface area contributed by atoms with E-state index in [2.05, 4.69) is 26.5 Å². The molecular formula is C15H24O2. The third kappa shape index (κ3) is 1.18. The van der Waals surface area contributed by atoms with Gasteiger partial charge >= 0.3 is 0 Å². The maximum atomic E-state index is 10.9. The van der Waals surface area contributed by atoms with Crippen LogP contribution in [0.3, 0.4) is 0 Å². The highest BCUT2D eigenvalue weighted by atomic mass is 16.5. The lowest BCUT2D eigenvalue weighted by Crippen LogP contribution is -2.63. The summed E-state index contributed by atoms with van der Waals surface area (Å²) in [5.74, 6) is 0.616. The van der Waals surface area contributed by atoms with E-state index in [-0.39, 0.29) is 22.5 Å². The molecule has 1 aliphatic heterocycles. The second-order valence-corrected chi connectivity index (χ2v) is 6.87. The van der Waals surface area contributed by atoms with Gasteiger partial charge in [0, 0.05) is 12.0 Å². The first kappa shape index (κ1) is 11.7. The number of hydrogen-bond acceptors (Lipinski definition) is 2. The van der Waals surface area contributed by atoms with Gasteiger partial charge in [-0.25, -0.2) is 0 Å². The van der Waals surface area contributed by atoms with Crippen molar-refractivity contribution in [3.63, 3.8) is 0 Å². The fourth-order valence-corrected chi connectivity index (χ4v) is 4.82. The summed E-state index contributed by atoms with van der Waals surface area (Å²) in [6, 6.07) is 0. The summed E-state index contributed by atoms with van der Waals surface area (Å²) in [6.07, 6.45) is 7.32. The van der Waals surface area contributed by atoms with Crippen molar-refractivity contribution in [3.8, 4) is 0 Å². The van der Waals surface area contributed by atoms with E-state index in [1.165, 1.54) is 6.42 Å². The molecule has 17 heavy (non-hydrogen) atoms. The average molecular weight is 236 g/mol. The second-order valence-electron chi connectivity index (χ2n) is 6.87. The van der Waals surface area contributed by atoms with Gasteiger partial charge in [-0.05, 0) is 43.4 Å². The topological polar surface area (TPSA) is 29.5 Å². The van der Waals surface area contributed by atoms with E-state index in [1.54, 1.807) is 0 Å². The van der Waals surface area contributed by atoms with Crippen LogP contribution in [-0.4, -0.2) is 23.4 Å². The SMILES string of the molecule is C=CC12CCC(C1)C(C)(C)C(O)C21CCCO1. The maximum Gasteiger partial charge on any atom is 0.104 e. The summed E-state index contributed by atoms with van der Waals surface area (Å²) in [5, 5.41) is 10.9. The Balaban J connectivity index is 2.11. The van der Waals surface area contributed by atoms with Gasteiger partial charge in [0.2, 0.25) is 0 Å². The summed E-state index contributed by atoms with van der Waals surface area (Å²) >= 11 is 0. The van der Waals surface area contributed by atoms with Crippen molar-refractivity contribution in [2.45, 2.75) is 57.7 Å². The van der Waals surface area contributed by atoms with Crippen LogP contribution in [-0.2, 0) is 4.74 Å². The molecule has 0 aromatic rings. The Morgan fingerprint density at radius 2 is 2.12 bits per heavy atom. The van der Waals surface area contributed by atoms with Crippen molar-refractivity contribution in [1.82, 2.24) is 0 Å². The van der Waals surface area contributed by atoms with Gasteiger partial charge in [0.05, 0.1) is 6.10 Å². The van der Waals surface area contributed by atoms with E-state index < -0.39 is 0 Å². The number of fused-ring (bicyclic) bond motifs is 3. The number of rotatable bonds is 1. The van der Waals surface area contributed by atoms with E-state index in [1.807, 2.05) is 0 Å². The fraction of sp³-hybridized carbons (Fsp3) is 0.867. The number of aliphatic hydroxyl groups is 1. The Kier molecular flexibility index (Phi) is 2.32. The maximum absolute atomic E-state index is 10.9. The van der Waals surface area contributed by atoms with Gasteiger partial charge in [0.1, 0.15) is 5.60 Å². The monoisotopic (exact) mass is 236 g/mol. The average Bonchev–Trinajstić information content (AvgIpc) is 2.94. The first-order valence-corrected chi connectivity index (χ1v) is 6.94. The first-order valence-electron chi connectivity index (χ1n) is 6.94. The lowest BCUT2D eigenvalue weighted by atomic mass is 9.54. The molecule has 2 heteroatoms. The van der Waals surface area contributed by atoms with Gasteiger partial charge < -0.3 is 9.84 Å². The highest BCUT2D eigenvalue weighted by Crippen LogP contribution is 2.66. The standard InChI is InChI=1S/C15H24O2/c1-4-14-8-6-11(10-14)13(2,3)12(16)15(14)7-5-9-17-15/h4,11-12,16H,1,5-10H2,2-3H3. The summed E-state index contributed by atoms with van der Waals surface area (Å²) < 4.78 is 6.13. The minimum absolute atomic E-state index is 0.0205. The molecule has 1 heterocycles. The zero-order valence-electron chi connectivity index (χ0n) is 11.0. The minimum atomic E-state index is -0.350. The van der Waals surface area contributed by atoms with Crippen molar-refractivity contribution in [2.75, 3.05) is 6.61 Å². The molecule has 1 saturated heterocycles. The van der Waals surface area contributed by atoms with Crippen LogP contribution in [0.2, 0.25) is 0 Å². The smallest absolute Gasteiger partial charge is 0.104 e. The fourth-order valence-electron chi connectivity index (χ4n) is 4.82. The molecule has 2 aliphatic carbocycles. The molecule has 0 radical (unpaired) electrons. The van der Waals surface area contributed by atoms with Crippen molar-refractivity contribution in [2.24, 2.45) is 16.7 Å². The molecule has 0 aromatic carbocycles. The lowest BCUT2D eigenvalue weighted by molar-refractivity contribution is -0.213. The Morgan fingerprint density at radius 1 is 1.35 bits per heavy atom. The third-order valence-electron chi connectivity index (χ3n) is 6.03. The Morgan fingerprint density at radius 3 is 2.71 bits per heavy atom. The summed E-state index contributed by atoms with van der Waals surface area (Å²) in [5.41, 5.74) is -0.332. The number of ether oxygens (including phenoxy) is 1. The summed E-state index contributed by atoms with van der Waals surface area (Å²) in [6.45, 7) is 9.29. The predicted octanol–water partition coefficient (Wildman–Crippen LogP) is 2.91. The number of aliphatic hydroxyl groups excluding tert-OH is 1. The molecule has 96 valence electrons. The van der Waals surface area contributed by atoms with Crippen LogP contribution in [0.15, 0.2) is 12.7 Å². The normalized spacial score (nSPS) is 51.9. The molecule has 3 rings (SSSR count). The molecule has 2 bridgehead atoms. The van der Waals surface area contributed by atoms with Crippen molar-refractivity contribution in [1.29, 1.82) is 0 Å². The van der Waals surface area contributed by atoms with Crippen LogP contribution in [0, 0.1) is 16.7 Å². The van der Waals surface area contributed by atoms with Crippen LogP contribution in [0.4, 0.5) is 0 Å². The summed E-state index contributed by atoms with van der Waals surface area (Å²) in [7, 11) is 0. The van der Waals surface area contributed by atoms with E-state index in [0.717, 1.165) is 32.3 Å². The van der Waals surface area contributed by atoms with E-state index in [9.17, 15) is 5.11 Å². The zero-order valence-corrected chi connectivity index (χ0v) is 11.0. The molecule has 2 saturated carbocycles. The molecule has 4 unspecified atom stereocenters. The Bertz CT molecular complexity index is 341. The van der Waals surface area contributed by atoms with Gasteiger partial charge in [-0.3, -0.25) is 0 Å². The second kappa shape index (κ2) is 3.36. The van der Waals surface area contributed by atoms with Crippen LogP contribution in [0.1, 0.15) is 46.0 Å². The molecule has 1 N–H and O–H groups in total. The molecule has 3 fully saturated rings. The molecule has 3 aliphatic rings. The van der Waals surface area contributed by atoms with Crippen LogP contribution in [0.5, 0.6) is 0 Å². The van der Waals surface area contributed by atoms with Gasteiger partial charge in [0.15, 0.2) is 0 Å². The van der Waals surface area contributed by atoms with Crippen LogP contribution >= 0.6 is 0 Å². The van der Waals surface area contributed by atoms with E-state index >= 15 is 0 Å². The predicted molar refractivity (Wildman–Crippen MR) is 67.7 cm³/mol. The largest absolute Gasteiger partial charge is 0.390 e. The van der Waals surface area contributed by atoms with Crippen LogP contribution < -0.4 is 0 Å². The van der Waals surface area contributed by atoms with Crippen LogP contribution in [0.25, 0.3) is 0 Å². The number of hydrogen-bond donors (Lipinski definition) is 1. The van der Waals surface area contributed by atoms with Gasteiger partial charge in [-0.15, -0.1) is 6.58 Å². The van der Waals surface area contributed by atoms with Crippen molar-refractivity contribution >= 4 is 0 Å². The molecule has 2 nitrogen and oxygen atoms in total. The minimum Gasteiger partial charge on any atom is -0.390 e. The Labute approximate surface area is 104 Å². The molecular weight excluding hydrogens is 212 g/mol. The molecule has 1 spiro atoms. The first-order chi connectivity index (χ1) is 7.98. The lowest BCUT2D eigenvalue weighted by Gasteiger charge is -2.56. The Hall–Kier alpha value is -0.340. The summed E-state index contributed by atoms with van der Waals surface area (Å²) in [4.78, 5) is 0. The van der Waals surface area contributed by atoms with Crippen molar-refractivity contribution in [3.05, 3.63) is 12.7 Å². The van der Waals surface area contributed by atoms with Gasteiger partial charge in [-0.1, -0.05) is 19.9 Å². The highest BCUT2D eigenvalue weighted by Gasteiger charge is 2.68. The van der Waals surface area contributed by atoms with E-state index in [4.69, 9.17) is 4.74 Å².